The summed E-state index contributed by atoms with van der Waals surface area (Å²) in [5, 5.41) is 7.08. The van der Waals surface area contributed by atoms with E-state index in [0.717, 1.165) is 19.3 Å². The van der Waals surface area contributed by atoms with Crippen LogP contribution in [0.2, 0.25) is 0 Å². The number of carbonyl (C=O) groups excluding carboxylic acids is 2. The first kappa shape index (κ1) is 21.7. The number of rotatable bonds is 6. The van der Waals surface area contributed by atoms with Gasteiger partial charge >= 0.3 is 0 Å². The van der Waals surface area contributed by atoms with E-state index >= 15 is 0 Å². The number of hydrogen-bond donors (Lipinski definition) is 1. The van der Waals surface area contributed by atoms with Crippen molar-refractivity contribution in [2.24, 2.45) is 0 Å². The zero-order valence-corrected chi connectivity index (χ0v) is 17.9. The van der Waals surface area contributed by atoms with Crippen molar-refractivity contribution in [2.75, 3.05) is 19.7 Å². The highest BCUT2D eigenvalue weighted by molar-refractivity contribution is 5.94. The number of ether oxygens (including phenoxy) is 1. The van der Waals surface area contributed by atoms with Crippen LogP contribution in [0.15, 0.2) is 28.8 Å². The molecule has 1 atom stereocenters. The number of likely N-dealkylation sites (tertiary alicyclic amines) is 1. The molecule has 0 unspecified atom stereocenters. The summed E-state index contributed by atoms with van der Waals surface area (Å²) < 4.78 is 24.3. The normalized spacial score (nSPS) is 14.9. The Balaban J connectivity index is 1.47. The fourth-order valence-corrected chi connectivity index (χ4v) is 3.70. The third-order valence-corrected chi connectivity index (χ3v) is 5.29. The van der Waals surface area contributed by atoms with Gasteiger partial charge in [0, 0.05) is 18.7 Å². The molecular formula is C22H24FN5O4. The minimum absolute atomic E-state index is 0.101. The molecule has 2 aromatic heterocycles. The van der Waals surface area contributed by atoms with Gasteiger partial charge in [0.1, 0.15) is 28.8 Å². The Morgan fingerprint density at radius 3 is 2.62 bits per heavy atom. The quantitative estimate of drug-likeness (QED) is 0.626. The topological polar surface area (TPSA) is 110 Å². The van der Waals surface area contributed by atoms with Crippen LogP contribution in [0.25, 0.3) is 22.4 Å². The van der Waals surface area contributed by atoms with E-state index in [0.29, 0.717) is 35.6 Å². The molecule has 3 aromatic rings. The number of aryl methyl sites for hydroxylation is 1. The van der Waals surface area contributed by atoms with E-state index in [1.54, 1.807) is 30.9 Å². The number of aromatic nitrogens is 3. The van der Waals surface area contributed by atoms with E-state index in [9.17, 15) is 14.0 Å². The lowest BCUT2D eigenvalue weighted by molar-refractivity contribution is -0.137. The summed E-state index contributed by atoms with van der Waals surface area (Å²) in [6.45, 7) is 4.40. The van der Waals surface area contributed by atoms with Gasteiger partial charge < -0.3 is 19.5 Å². The SMILES string of the molecule is Cc1nc(OCC(=O)N[C@@H](C)C(=O)N2CCCCC2)c2c(-c3ccc(F)cc3)noc2n1. The molecule has 0 spiro atoms. The van der Waals surface area contributed by atoms with Crippen LogP contribution in [0.4, 0.5) is 4.39 Å². The summed E-state index contributed by atoms with van der Waals surface area (Å²) in [6.07, 6.45) is 3.08. The van der Waals surface area contributed by atoms with E-state index < -0.39 is 11.9 Å². The molecule has 9 nitrogen and oxygen atoms in total. The number of amides is 2. The Morgan fingerprint density at radius 2 is 1.91 bits per heavy atom. The Hall–Kier alpha value is -3.56. The summed E-state index contributed by atoms with van der Waals surface area (Å²) in [4.78, 5) is 35.2. The number of piperidine rings is 1. The van der Waals surface area contributed by atoms with Crippen LogP contribution in [0.5, 0.6) is 5.88 Å². The number of benzene rings is 1. The number of nitrogens with zero attached hydrogens (tertiary/aromatic N) is 4. The minimum atomic E-state index is -0.651. The highest BCUT2D eigenvalue weighted by Crippen LogP contribution is 2.33. The van der Waals surface area contributed by atoms with Crippen molar-refractivity contribution in [3.05, 3.63) is 35.9 Å². The number of halogens is 1. The molecule has 1 N–H and O–H groups in total. The van der Waals surface area contributed by atoms with Gasteiger partial charge in [0.2, 0.25) is 11.8 Å². The van der Waals surface area contributed by atoms with E-state index in [4.69, 9.17) is 9.26 Å². The number of fused-ring (bicyclic) bond motifs is 1. The molecule has 168 valence electrons. The summed E-state index contributed by atoms with van der Waals surface area (Å²) in [5.74, 6) is -0.431. The molecule has 3 heterocycles. The first-order chi connectivity index (χ1) is 15.4. The molecule has 0 bridgehead atoms. The molecular weight excluding hydrogens is 417 g/mol. The zero-order chi connectivity index (χ0) is 22.7. The third-order valence-electron chi connectivity index (χ3n) is 5.29. The first-order valence-corrected chi connectivity index (χ1v) is 10.5. The maximum absolute atomic E-state index is 13.3. The van der Waals surface area contributed by atoms with Crippen molar-refractivity contribution < 1.29 is 23.2 Å². The van der Waals surface area contributed by atoms with Crippen LogP contribution in [-0.2, 0) is 9.59 Å². The monoisotopic (exact) mass is 441 g/mol. The van der Waals surface area contributed by atoms with E-state index in [2.05, 4.69) is 20.4 Å². The predicted octanol–water partition coefficient (Wildman–Crippen LogP) is 2.63. The van der Waals surface area contributed by atoms with Crippen molar-refractivity contribution >= 4 is 22.9 Å². The summed E-state index contributed by atoms with van der Waals surface area (Å²) in [6, 6.07) is 5.06. The molecule has 32 heavy (non-hydrogen) atoms. The zero-order valence-electron chi connectivity index (χ0n) is 17.9. The molecule has 4 rings (SSSR count). The second-order valence-electron chi connectivity index (χ2n) is 7.76. The van der Waals surface area contributed by atoms with Gasteiger partial charge in [-0.3, -0.25) is 9.59 Å². The van der Waals surface area contributed by atoms with Crippen LogP contribution in [-0.4, -0.2) is 57.6 Å². The summed E-state index contributed by atoms with van der Waals surface area (Å²) >= 11 is 0. The van der Waals surface area contributed by atoms with Crippen LogP contribution in [0, 0.1) is 12.7 Å². The van der Waals surface area contributed by atoms with Crippen LogP contribution < -0.4 is 10.1 Å². The second-order valence-corrected chi connectivity index (χ2v) is 7.76. The Kier molecular flexibility index (Phi) is 6.29. The average Bonchev–Trinajstić information content (AvgIpc) is 3.21. The minimum Gasteiger partial charge on any atom is -0.467 e. The molecule has 0 radical (unpaired) electrons. The Bertz CT molecular complexity index is 1130. The second kappa shape index (κ2) is 9.29. The molecule has 10 heteroatoms. The molecule has 1 saturated heterocycles. The standard InChI is InChI=1S/C22H24FN5O4/c1-13(22(30)28-10-4-3-5-11-28)24-17(29)12-31-20-18-19(15-6-8-16(23)9-7-15)27-32-21(18)26-14(2)25-20/h6-9,13H,3-5,10-12H2,1-2H3,(H,24,29)/t13-/m0/s1. The van der Waals surface area contributed by atoms with Gasteiger partial charge in [-0.1, -0.05) is 5.16 Å². The van der Waals surface area contributed by atoms with Crippen LogP contribution in [0.3, 0.4) is 0 Å². The largest absolute Gasteiger partial charge is 0.467 e. The number of hydrogen-bond acceptors (Lipinski definition) is 7. The number of nitrogens with one attached hydrogen (secondary N) is 1. The van der Waals surface area contributed by atoms with E-state index in [1.807, 2.05) is 0 Å². The van der Waals surface area contributed by atoms with Gasteiger partial charge in [-0.25, -0.2) is 4.39 Å². The van der Waals surface area contributed by atoms with Crippen molar-refractivity contribution in [1.82, 2.24) is 25.3 Å². The highest BCUT2D eigenvalue weighted by atomic mass is 19.1. The lowest BCUT2D eigenvalue weighted by Crippen LogP contribution is -2.49. The van der Waals surface area contributed by atoms with Crippen molar-refractivity contribution in [3.63, 3.8) is 0 Å². The maximum Gasteiger partial charge on any atom is 0.265 e. The molecule has 1 aromatic carbocycles. The fraction of sp³-hybridized carbons (Fsp3) is 0.409. The van der Waals surface area contributed by atoms with Crippen molar-refractivity contribution in [3.8, 4) is 17.1 Å². The van der Waals surface area contributed by atoms with Crippen LogP contribution >= 0.6 is 0 Å². The maximum atomic E-state index is 13.3. The fourth-order valence-electron chi connectivity index (χ4n) is 3.70. The predicted molar refractivity (Wildman–Crippen MR) is 113 cm³/mol. The molecule has 0 aliphatic carbocycles. The van der Waals surface area contributed by atoms with E-state index in [1.165, 1.54) is 12.1 Å². The van der Waals surface area contributed by atoms with E-state index in [-0.39, 0.29) is 29.9 Å². The Morgan fingerprint density at radius 1 is 1.19 bits per heavy atom. The summed E-state index contributed by atoms with van der Waals surface area (Å²) in [5.41, 5.74) is 1.16. The van der Waals surface area contributed by atoms with Gasteiger partial charge in [0.25, 0.3) is 11.6 Å². The molecule has 2 amide bonds. The number of carbonyl (C=O) groups is 2. The molecule has 1 fully saturated rings. The molecule has 1 aliphatic heterocycles. The van der Waals surface area contributed by atoms with Gasteiger partial charge in [-0.05, 0) is 57.4 Å². The first-order valence-electron chi connectivity index (χ1n) is 10.5. The lowest BCUT2D eigenvalue weighted by atomic mass is 10.1. The smallest absolute Gasteiger partial charge is 0.265 e. The van der Waals surface area contributed by atoms with Gasteiger partial charge in [0.15, 0.2) is 6.61 Å². The van der Waals surface area contributed by atoms with Gasteiger partial charge in [-0.2, -0.15) is 9.97 Å². The average molecular weight is 441 g/mol. The van der Waals surface area contributed by atoms with Crippen molar-refractivity contribution in [1.29, 1.82) is 0 Å². The van der Waals surface area contributed by atoms with Crippen LogP contribution in [0.1, 0.15) is 32.0 Å². The molecule has 1 aliphatic rings. The highest BCUT2D eigenvalue weighted by Gasteiger charge is 2.24. The Labute approximate surface area is 183 Å². The van der Waals surface area contributed by atoms with Crippen molar-refractivity contribution in [2.45, 2.75) is 39.2 Å². The summed E-state index contributed by atoms with van der Waals surface area (Å²) in [7, 11) is 0. The third kappa shape index (κ3) is 4.68. The molecule has 0 saturated carbocycles. The van der Waals surface area contributed by atoms with Gasteiger partial charge in [-0.15, -0.1) is 0 Å². The lowest BCUT2D eigenvalue weighted by Gasteiger charge is -2.29. The van der Waals surface area contributed by atoms with Gasteiger partial charge in [0.05, 0.1) is 0 Å².